The van der Waals surface area contributed by atoms with E-state index in [1.807, 2.05) is 6.92 Å². The Morgan fingerprint density at radius 1 is 1.52 bits per heavy atom. The average Bonchev–Trinajstić information content (AvgIpc) is 3.20. The van der Waals surface area contributed by atoms with Gasteiger partial charge < -0.3 is 10.6 Å². The Kier molecular flexibility index (Phi) is 4.40. The summed E-state index contributed by atoms with van der Waals surface area (Å²) in [7, 11) is 0. The molecule has 0 saturated heterocycles. The molecule has 1 aromatic heterocycles. The zero-order chi connectivity index (χ0) is 15.5. The van der Waals surface area contributed by atoms with Crippen molar-refractivity contribution in [2.45, 2.75) is 33.1 Å². The molecule has 1 aromatic rings. The molecule has 7 heteroatoms. The van der Waals surface area contributed by atoms with E-state index in [0.717, 1.165) is 25.5 Å². The van der Waals surface area contributed by atoms with E-state index in [2.05, 4.69) is 22.5 Å². The minimum atomic E-state index is -0.546. The SMILES string of the molecule is CCCNc1ncc([N+](=O)[O-])cc1C(=O)NCC1(C)CC1. The van der Waals surface area contributed by atoms with Gasteiger partial charge in [0.1, 0.15) is 12.0 Å². The molecule has 1 heterocycles. The highest BCUT2D eigenvalue weighted by molar-refractivity contribution is 5.99. The van der Waals surface area contributed by atoms with Gasteiger partial charge in [-0.3, -0.25) is 14.9 Å². The van der Waals surface area contributed by atoms with Crippen LogP contribution in [-0.2, 0) is 0 Å². The molecule has 7 nitrogen and oxygen atoms in total. The molecule has 21 heavy (non-hydrogen) atoms. The van der Waals surface area contributed by atoms with Gasteiger partial charge in [-0.25, -0.2) is 4.98 Å². The van der Waals surface area contributed by atoms with Crippen LogP contribution in [0.5, 0.6) is 0 Å². The van der Waals surface area contributed by atoms with Crippen LogP contribution in [0, 0.1) is 15.5 Å². The van der Waals surface area contributed by atoms with Crippen molar-refractivity contribution >= 4 is 17.4 Å². The average molecular weight is 292 g/mol. The lowest BCUT2D eigenvalue weighted by Crippen LogP contribution is -2.30. The Bertz CT molecular complexity index is 555. The standard InChI is InChI=1S/C14H20N4O3/c1-3-6-15-12-11(7-10(8-16-12)18(20)21)13(19)17-9-14(2)4-5-14/h7-8H,3-6,9H2,1-2H3,(H,15,16)(H,17,19). The van der Waals surface area contributed by atoms with Crippen molar-refractivity contribution < 1.29 is 9.72 Å². The Morgan fingerprint density at radius 3 is 2.81 bits per heavy atom. The number of hydrogen-bond acceptors (Lipinski definition) is 5. The monoisotopic (exact) mass is 292 g/mol. The molecular formula is C14H20N4O3. The zero-order valence-electron chi connectivity index (χ0n) is 12.3. The molecule has 1 aliphatic carbocycles. The van der Waals surface area contributed by atoms with Gasteiger partial charge in [-0.15, -0.1) is 0 Å². The highest BCUT2D eigenvalue weighted by atomic mass is 16.6. The highest BCUT2D eigenvalue weighted by Crippen LogP contribution is 2.44. The maximum atomic E-state index is 12.3. The van der Waals surface area contributed by atoms with Gasteiger partial charge in [0.25, 0.3) is 11.6 Å². The molecule has 0 unspecified atom stereocenters. The smallest absolute Gasteiger partial charge is 0.288 e. The summed E-state index contributed by atoms with van der Waals surface area (Å²) in [6.45, 7) is 5.34. The third-order valence-electron chi connectivity index (χ3n) is 3.65. The van der Waals surface area contributed by atoms with E-state index < -0.39 is 4.92 Å². The van der Waals surface area contributed by atoms with Crippen LogP contribution < -0.4 is 10.6 Å². The quantitative estimate of drug-likeness (QED) is 0.594. The second-order valence-electron chi connectivity index (χ2n) is 5.77. The zero-order valence-corrected chi connectivity index (χ0v) is 12.3. The first-order valence-corrected chi connectivity index (χ1v) is 7.12. The van der Waals surface area contributed by atoms with E-state index in [1.54, 1.807) is 0 Å². The van der Waals surface area contributed by atoms with E-state index in [0.29, 0.717) is 18.9 Å². The minimum Gasteiger partial charge on any atom is -0.369 e. The Hall–Kier alpha value is -2.18. The van der Waals surface area contributed by atoms with Crippen LogP contribution in [0.1, 0.15) is 43.5 Å². The molecule has 2 rings (SSSR count). The van der Waals surface area contributed by atoms with Crippen LogP contribution in [0.2, 0.25) is 0 Å². The van der Waals surface area contributed by atoms with Gasteiger partial charge >= 0.3 is 0 Å². The summed E-state index contributed by atoms with van der Waals surface area (Å²) in [5.74, 6) is 0.0684. The molecule has 0 aliphatic heterocycles. The number of hydrogen-bond donors (Lipinski definition) is 2. The van der Waals surface area contributed by atoms with Gasteiger partial charge in [-0.2, -0.15) is 0 Å². The molecule has 2 N–H and O–H groups in total. The molecule has 0 aromatic carbocycles. The number of carbonyl (C=O) groups is 1. The number of nitrogens with zero attached hydrogens (tertiary/aromatic N) is 2. The number of amides is 1. The summed E-state index contributed by atoms with van der Waals surface area (Å²) in [6.07, 6.45) is 4.23. The molecular weight excluding hydrogens is 272 g/mol. The van der Waals surface area contributed by atoms with E-state index >= 15 is 0 Å². The van der Waals surface area contributed by atoms with Gasteiger partial charge in [-0.05, 0) is 24.7 Å². The predicted molar refractivity (Wildman–Crippen MR) is 79.3 cm³/mol. The summed E-state index contributed by atoms with van der Waals surface area (Å²) in [5, 5.41) is 16.7. The Balaban J connectivity index is 2.17. The fourth-order valence-electron chi connectivity index (χ4n) is 1.89. The summed E-state index contributed by atoms with van der Waals surface area (Å²) in [5.41, 5.74) is 0.225. The lowest BCUT2D eigenvalue weighted by Gasteiger charge is -2.13. The van der Waals surface area contributed by atoms with Crippen molar-refractivity contribution in [2.24, 2.45) is 5.41 Å². The van der Waals surface area contributed by atoms with E-state index in [4.69, 9.17) is 0 Å². The van der Waals surface area contributed by atoms with Crippen LogP contribution in [-0.4, -0.2) is 28.9 Å². The fraction of sp³-hybridized carbons (Fsp3) is 0.571. The highest BCUT2D eigenvalue weighted by Gasteiger charge is 2.37. The van der Waals surface area contributed by atoms with Crippen molar-refractivity contribution in [3.63, 3.8) is 0 Å². The molecule has 1 amide bonds. The van der Waals surface area contributed by atoms with Crippen LogP contribution >= 0.6 is 0 Å². The fourth-order valence-corrected chi connectivity index (χ4v) is 1.89. The molecule has 1 fully saturated rings. The normalized spacial score (nSPS) is 15.3. The third-order valence-corrected chi connectivity index (χ3v) is 3.65. The first-order valence-electron chi connectivity index (χ1n) is 7.12. The van der Waals surface area contributed by atoms with E-state index in [-0.39, 0.29) is 22.6 Å². The summed E-state index contributed by atoms with van der Waals surface area (Å²) >= 11 is 0. The van der Waals surface area contributed by atoms with E-state index in [9.17, 15) is 14.9 Å². The van der Waals surface area contributed by atoms with Crippen molar-refractivity contribution in [2.75, 3.05) is 18.4 Å². The largest absolute Gasteiger partial charge is 0.369 e. The van der Waals surface area contributed by atoms with Crippen molar-refractivity contribution in [3.05, 3.63) is 27.9 Å². The lowest BCUT2D eigenvalue weighted by molar-refractivity contribution is -0.385. The molecule has 0 spiro atoms. The maximum absolute atomic E-state index is 12.3. The first-order chi connectivity index (χ1) is 9.95. The van der Waals surface area contributed by atoms with Crippen molar-refractivity contribution in [1.82, 2.24) is 10.3 Å². The minimum absolute atomic E-state index is 0.181. The molecule has 0 bridgehead atoms. The molecule has 1 saturated carbocycles. The van der Waals surface area contributed by atoms with E-state index in [1.165, 1.54) is 6.07 Å². The number of aromatic nitrogens is 1. The Morgan fingerprint density at radius 2 is 2.24 bits per heavy atom. The van der Waals surface area contributed by atoms with Crippen molar-refractivity contribution in [3.8, 4) is 0 Å². The maximum Gasteiger partial charge on any atom is 0.288 e. The van der Waals surface area contributed by atoms with Crippen molar-refractivity contribution in [1.29, 1.82) is 0 Å². The van der Waals surface area contributed by atoms with Gasteiger partial charge in [-0.1, -0.05) is 13.8 Å². The lowest BCUT2D eigenvalue weighted by atomic mass is 10.1. The van der Waals surface area contributed by atoms with Crippen LogP contribution in [0.3, 0.4) is 0 Å². The second-order valence-corrected chi connectivity index (χ2v) is 5.77. The number of nitrogens with one attached hydrogen (secondary N) is 2. The summed E-state index contributed by atoms with van der Waals surface area (Å²) in [6, 6.07) is 1.27. The molecule has 114 valence electrons. The Labute approximate surface area is 123 Å². The summed E-state index contributed by atoms with van der Waals surface area (Å²) < 4.78 is 0. The number of pyridine rings is 1. The first kappa shape index (κ1) is 15.2. The second kappa shape index (κ2) is 6.07. The molecule has 0 atom stereocenters. The predicted octanol–water partition coefficient (Wildman–Crippen LogP) is 2.34. The molecule has 1 aliphatic rings. The van der Waals surface area contributed by atoms with Gasteiger partial charge in [0.05, 0.1) is 10.5 Å². The van der Waals surface area contributed by atoms with Crippen LogP contribution in [0.4, 0.5) is 11.5 Å². The van der Waals surface area contributed by atoms with Gasteiger partial charge in [0, 0.05) is 19.2 Å². The van der Waals surface area contributed by atoms with Gasteiger partial charge in [0.2, 0.25) is 0 Å². The number of nitro groups is 1. The topological polar surface area (TPSA) is 97.2 Å². The molecule has 0 radical (unpaired) electrons. The van der Waals surface area contributed by atoms with Crippen LogP contribution in [0.15, 0.2) is 12.3 Å². The third kappa shape index (κ3) is 3.90. The number of anilines is 1. The van der Waals surface area contributed by atoms with Gasteiger partial charge in [0.15, 0.2) is 0 Å². The summed E-state index contributed by atoms with van der Waals surface area (Å²) in [4.78, 5) is 26.6. The number of rotatable bonds is 7. The number of carbonyl (C=O) groups excluding carboxylic acids is 1. The van der Waals surface area contributed by atoms with Crippen LogP contribution in [0.25, 0.3) is 0 Å².